The van der Waals surface area contributed by atoms with Gasteiger partial charge in [-0.2, -0.15) is 0 Å². The van der Waals surface area contributed by atoms with Crippen LogP contribution in [0.15, 0.2) is 41.1 Å². The molecular formula is C14H13BrN2O3. The molecule has 0 saturated heterocycles. The van der Waals surface area contributed by atoms with E-state index in [2.05, 4.69) is 25.9 Å². The van der Waals surface area contributed by atoms with Gasteiger partial charge < -0.3 is 10.2 Å². The average Bonchev–Trinajstić information content (AvgIpc) is 2.44. The summed E-state index contributed by atoms with van der Waals surface area (Å²) < 4.78 is 0.823. The Bertz CT molecular complexity index is 584. The summed E-state index contributed by atoms with van der Waals surface area (Å²) in [5.74, 6) is -1.22. The summed E-state index contributed by atoms with van der Waals surface area (Å²) in [4.78, 5) is 19.3. The summed E-state index contributed by atoms with van der Waals surface area (Å²) >= 11 is 3.27. The highest BCUT2D eigenvalue weighted by Gasteiger charge is 2.18. The van der Waals surface area contributed by atoms with E-state index in [-0.39, 0.29) is 0 Å². The van der Waals surface area contributed by atoms with Gasteiger partial charge in [-0.05, 0) is 27.1 Å². The standard InChI is InChI=1S/C14H13BrN2O3/c15-11-6-16-13(17-7-11)5-9-1-3-10(4-2-9)12(8-18)14(19)20/h1-4,6-7,12,18H,5,8H2,(H,19,20). The van der Waals surface area contributed by atoms with Gasteiger partial charge in [-0.25, -0.2) is 9.97 Å². The summed E-state index contributed by atoms with van der Waals surface area (Å²) in [5, 5.41) is 18.0. The lowest BCUT2D eigenvalue weighted by Gasteiger charge is -2.10. The van der Waals surface area contributed by atoms with E-state index in [9.17, 15) is 4.79 Å². The van der Waals surface area contributed by atoms with Gasteiger partial charge in [0.1, 0.15) is 11.7 Å². The van der Waals surface area contributed by atoms with E-state index in [0.717, 1.165) is 10.0 Å². The van der Waals surface area contributed by atoms with Gasteiger partial charge >= 0.3 is 5.97 Å². The van der Waals surface area contributed by atoms with Crippen LogP contribution in [0.25, 0.3) is 0 Å². The van der Waals surface area contributed by atoms with Gasteiger partial charge in [0.15, 0.2) is 0 Å². The molecule has 0 fully saturated rings. The molecule has 2 rings (SSSR count). The Hall–Kier alpha value is -1.79. The Balaban J connectivity index is 2.12. The molecule has 104 valence electrons. The molecule has 5 nitrogen and oxygen atoms in total. The molecule has 0 aliphatic heterocycles. The van der Waals surface area contributed by atoms with Crippen molar-refractivity contribution in [1.82, 2.24) is 9.97 Å². The molecule has 1 aromatic carbocycles. The molecule has 1 unspecified atom stereocenters. The van der Waals surface area contributed by atoms with Crippen molar-refractivity contribution in [3.8, 4) is 0 Å². The molecular weight excluding hydrogens is 324 g/mol. The topological polar surface area (TPSA) is 83.3 Å². The van der Waals surface area contributed by atoms with Gasteiger partial charge in [-0.1, -0.05) is 24.3 Å². The van der Waals surface area contributed by atoms with Crippen LogP contribution in [0.3, 0.4) is 0 Å². The smallest absolute Gasteiger partial charge is 0.313 e. The van der Waals surface area contributed by atoms with Crippen molar-refractivity contribution in [1.29, 1.82) is 0 Å². The Morgan fingerprint density at radius 3 is 2.30 bits per heavy atom. The van der Waals surface area contributed by atoms with E-state index in [1.807, 2.05) is 12.1 Å². The Morgan fingerprint density at radius 2 is 1.80 bits per heavy atom. The maximum atomic E-state index is 11.0. The van der Waals surface area contributed by atoms with Crippen molar-refractivity contribution in [2.75, 3.05) is 6.61 Å². The zero-order chi connectivity index (χ0) is 14.5. The number of aliphatic carboxylic acids is 1. The first-order valence-corrected chi connectivity index (χ1v) is 6.78. The fourth-order valence-electron chi connectivity index (χ4n) is 1.81. The fraction of sp³-hybridized carbons (Fsp3) is 0.214. The molecule has 1 heterocycles. The van der Waals surface area contributed by atoms with E-state index in [4.69, 9.17) is 10.2 Å². The molecule has 0 aliphatic rings. The first-order chi connectivity index (χ1) is 9.60. The normalized spacial score (nSPS) is 12.1. The van der Waals surface area contributed by atoms with Gasteiger partial charge in [-0.15, -0.1) is 0 Å². The summed E-state index contributed by atoms with van der Waals surface area (Å²) in [6, 6.07) is 7.07. The number of rotatable bonds is 5. The number of carboxylic acids is 1. The van der Waals surface area contributed by atoms with Gasteiger partial charge in [0.25, 0.3) is 0 Å². The summed E-state index contributed by atoms with van der Waals surface area (Å²) in [7, 11) is 0. The third kappa shape index (κ3) is 3.61. The van der Waals surface area contributed by atoms with Crippen molar-refractivity contribution in [3.63, 3.8) is 0 Å². The van der Waals surface area contributed by atoms with E-state index in [1.54, 1.807) is 24.5 Å². The van der Waals surface area contributed by atoms with E-state index in [0.29, 0.717) is 17.8 Å². The number of nitrogens with zero attached hydrogens (tertiary/aromatic N) is 2. The molecule has 0 spiro atoms. The van der Waals surface area contributed by atoms with Crippen molar-refractivity contribution in [2.24, 2.45) is 0 Å². The summed E-state index contributed by atoms with van der Waals surface area (Å²) in [5.41, 5.74) is 1.57. The van der Waals surface area contributed by atoms with Crippen molar-refractivity contribution in [3.05, 3.63) is 58.1 Å². The second kappa shape index (κ2) is 6.58. The largest absolute Gasteiger partial charge is 0.481 e. The number of hydrogen-bond donors (Lipinski definition) is 2. The highest BCUT2D eigenvalue weighted by Crippen LogP contribution is 2.17. The molecule has 0 aliphatic carbocycles. The predicted molar refractivity (Wildman–Crippen MR) is 76.4 cm³/mol. The molecule has 2 N–H and O–H groups in total. The fourth-order valence-corrected chi connectivity index (χ4v) is 2.01. The van der Waals surface area contributed by atoms with Crippen molar-refractivity contribution >= 4 is 21.9 Å². The quantitative estimate of drug-likeness (QED) is 0.872. The maximum Gasteiger partial charge on any atom is 0.313 e. The Labute approximate surface area is 124 Å². The van der Waals surface area contributed by atoms with E-state index < -0.39 is 18.5 Å². The monoisotopic (exact) mass is 336 g/mol. The number of aliphatic hydroxyl groups is 1. The number of halogens is 1. The SMILES string of the molecule is O=C(O)C(CO)c1ccc(Cc2ncc(Br)cn2)cc1. The van der Waals surface area contributed by atoms with Crippen LogP contribution in [-0.2, 0) is 11.2 Å². The molecule has 20 heavy (non-hydrogen) atoms. The minimum atomic E-state index is -1.03. The number of carboxylic acid groups (broad SMARTS) is 1. The molecule has 0 bridgehead atoms. The number of aromatic nitrogens is 2. The lowest BCUT2D eigenvalue weighted by Crippen LogP contribution is -2.15. The Morgan fingerprint density at radius 1 is 1.20 bits per heavy atom. The third-order valence-corrected chi connectivity index (χ3v) is 3.31. The van der Waals surface area contributed by atoms with Crippen LogP contribution in [0, 0.1) is 0 Å². The highest BCUT2D eigenvalue weighted by molar-refractivity contribution is 9.10. The molecule has 1 aromatic heterocycles. The lowest BCUT2D eigenvalue weighted by atomic mass is 9.98. The molecule has 0 amide bonds. The van der Waals surface area contributed by atoms with Crippen LogP contribution >= 0.6 is 15.9 Å². The van der Waals surface area contributed by atoms with Crippen LogP contribution in [0.4, 0.5) is 0 Å². The second-order valence-corrected chi connectivity index (χ2v) is 5.22. The van der Waals surface area contributed by atoms with E-state index in [1.165, 1.54) is 0 Å². The van der Waals surface area contributed by atoms with Gasteiger partial charge in [-0.3, -0.25) is 4.79 Å². The maximum absolute atomic E-state index is 11.0. The minimum Gasteiger partial charge on any atom is -0.481 e. The molecule has 2 aromatic rings. The summed E-state index contributed by atoms with van der Waals surface area (Å²) in [6.07, 6.45) is 3.94. The van der Waals surface area contributed by atoms with Crippen LogP contribution in [0.5, 0.6) is 0 Å². The van der Waals surface area contributed by atoms with Crippen LogP contribution in [0.1, 0.15) is 22.9 Å². The third-order valence-electron chi connectivity index (χ3n) is 2.90. The second-order valence-electron chi connectivity index (χ2n) is 4.31. The van der Waals surface area contributed by atoms with Gasteiger partial charge in [0, 0.05) is 18.8 Å². The van der Waals surface area contributed by atoms with Gasteiger partial charge in [0.05, 0.1) is 11.1 Å². The molecule has 0 radical (unpaired) electrons. The molecule has 6 heteroatoms. The number of hydrogen-bond acceptors (Lipinski definition) is 4. The number of benzene rings is 1. The summed E-state index contributed by atoms with van der Waals surface area (Å²) in [6.45, 7) is -0.412. The van der Waals surface area contributed by atoms with Crippen molar-refractivity contribution < 1.29 is 15.0 Å². The number of aliphatic hydroxyl groups excluding tert-OH is 1. The average molecular weight is 337 g/mol. The van der Waals surface area contributed by atoms with Crippen LogP contribution in [-0.4, -0.2) is 32.8 Å². The first-order valence-electron chi connectivity index (χ1n) is 5.99. The lowest BCUT2D eigenvalue weighted by molar-refractivity contribution is -0.139. The minimum absolute atomic E-state index is 0.412. The predicted octanol–water partition coefficient (Wildman–Crippen LogP) is 1.99. The molecule has 0 saturated carbocycles. The first kappa shape index (κ1) is 14.6. The highest BCUT2D eigenvalue weighted by atomic mass is 79.9. The molecule has 1 atom stereocenters. The zero-order valence-electron chi connectivity index (χ0n) is 10.5. The van der Waals surface area contributed by atoms with Crippen molar-refractivity contribution in [2.45, 2.75) is 12.3 Å². The zero-order valence-corrected chi connectivity index (χ0v) is 12.1. The van der Waals surface area contributed by atoms with Gasteiger partial charge in [0.2, 0.25) is 0 Å². The number of carbonyl (C=O) groups is 1. The van der Waals surface area contributed by atoms with Crippen LogP contribution < -0.4 is 0 Å². The van der Waals surface area contributed by atoms with Crippen LogP contribution in [0.2, 0.25) is 0 Å². The Kier molecular flexibility index (Phi) is 4.81. The van der Waals surface area contributed by atoms with E-state index >= 15 is 0 Å².